The van der Waals surface area contributed by atoms with Crippen molar-refractivity contribution < 1.29 is 19.4 Å². The first-order valence-corrected chi connectivity index (χ1v) is 3.45. The summed E-state index contributed by atoms with van der Waals surface area (Å²) < 4.78 is 13.2. The zero-order valence-electron chi connectivity index (χ0n) is 6.49. The summed E-state index contributed by atoms with van der Waals surface area (Å²) in [7, 11) is 0. The Kier molecular flexibility index (Phi) is 2.02. The maximum absolute atomic E-state index is 13.2. The summed E-state index contributed by atoms with van der Waals surface area (Å²) in [6, 6.07) is 0. The summed E-state index contributed by atoms with van der Waals surface area (Å²) in [5, 5.41) is 17.7. The molecule has 0 spiro atoms. The lowest BCUT2D eigenvalue weighted by Gasteiger charge is -2.25. The standard InChI is InChI=1S/C8H9FO3/c1-8(9)4-2-3-5(6(8)10)7(11)12/h2-4,6,10H,1H3,(H,11,12). The molecular weight excluding hydrogens is 163 g/mol. The molecule has 2 N–H and O–H groups in total. The molecular formula is C8H9FO3. The predicted octanol–water partition coefficient (Wildman–Crippen LogP) is 0.656. The lowest BCUT2D eigenvalue weighted by atomic mass is 9.90. The lowest BCUT2D eigenvalue weighted by molar-refractivity contribution is -0.134. The van der Waals surface area contributed by atoms with Gasteiger partial charge in [-0.1, -0.05) is 6.08 Å². The van der Waals surface area contributed by atoms with Gasteiger partial charge in [-0.15, -0.1) is 0 Å². The monoisotopic (exact) mass is 172 g/mol. The Balaban J connectivity index is 2.99. The first-order chi connectivity index (χ1) is 5.45. The first-order valence-electron chi connectivity index (χ1n) is 3.45. The van der Waals surface area contributed by atoms with Crippen LogP contribution in [0.1, 0.15) is 6.92 Å². The van der Waals surface area contributed by atoms with Crippen LogP contribution in [0.15, 0.2) is 23.8 Å². The van der Waals surface area contributed by atoms with E-state index in [2.05, 4.69) is 0 Å². The third kappa shape index (κ3) is 1.38. The minimum atomic E-state index is -1.98. The Morgan fingerprint density at radius 3 is 2.75 bits per heavy atom. The molecule has 0 saturated carbocycles. The van der Waals surface area contributed by atoms with Gasteiger partial charge in [-0.2, -0.15) is 0 Å². The summed E-state index contributed by atoms with van der Waals surface area (Å²) in [5.41, 5.74) is -2.30. The molecule has 1 rings (SSSR count). The van der Waals surface area contributed by atoms with Gasteiger partial charge in [0.15, 0.2) is 5.67 Å². The number of alkyl halides is 1. The molecule has 0 saturated heterocycles. The van der Waals surface area contributed by atoms with E-state index >= 15 is 0 Å². The van der Waals surface area contributed by atoms with E-state index in [4.69, 9.17) is 5.11 Å². The van der Waals surface area contributed by atoms with E-state index in [1.165, 1.54) is 12.2 Å². The highest BCUT2D eigenvalue weighted by atomic mass is 19.1. The second-order valence-corrected chi connectivity index (χ2v) is 2.84. The van der Waals surface area contributed by atoms with Gasteiger partial charge >= 0.3 is 5.97 Å². The number of carbonyl (C=O) groups is 1. The van der Waals surface area contributed by atoms with Gasteiger partial charge in [0.1, 0.15) is 6.10 Å². The Morgan fingerprint density at radius 1 is 1.75 bits per heavy atom. The molecule has 0 fully saturated rings. The molecule has 1 aliphatic rings. The van der Waals surface area contributed by atoms with Crippen molar-refractivity contribution in [2.75, 3.05) is 0 Å². The van der Waals surface area contributed by atoms with Gasteiger partial charge in [-0.05, 0) is 19.1 Å². The molecule has 66 valence electrons. The Morgan fingerprint density at radius 2 is 2.33 bits per heavy atom. The summed E-state index contributed by atoms with van der Waals surface area (Å²) in [5.74, 6) is -1.30. The Bertz CT molecular complexity index is 265. The number of allylic oxidation sites excluding steroid dienone is 2. The van der Waals surface area contributed by atoms with Gasteiger partial charge in [0, 0.05) is 0 Å². The smallest absolute Gasteiger partial charge is 0.334 e. The van der Waals surface area contributed by atoms with Crippen LogP contribution < -0.4 is 0 Å². The SMILES string of the molecule is CC1(F)C=CC=C(C(=O)O)C1O. The second kappa shape index (κ2) is 2.71. The molecule has 2 atom stereocenters. The van der Waals surface area contributed by atoms with Gasteiger partial charge < -0.3 is 10.2 Å². The van der Waals surface area contributed by atoms with Crippen molar-refractivity contribution in [1.82, 2.24) is 0 Å². The number of aliphatic carboxylic acids is 1. The molecule has 3 nitrogen and oxygen atoms in total. The van der Waals surface area contributed by atoms with E-state index in [9.17, 15) is 14.3 Å². The van der Waals surface area contributed by atoms with Crippen LogP contribution in [0.5, 0.6) is 0 Å². The number of carboxylic acid groups (broad SMARTS) is 1. The fourth-order valence-corrected chi connectivity index (χ4v) is 1.01. The normalized spacial score (nSPS) is 34.6. The van der Waals surface area contributed by atoms with Gasteiger partial charge in [-0.3, -0.25) is 0 Å². The molecule has 1 aliphatic carbocycles. The molecule has 0 radical (unpaired) electrons. The van der Waals surface area contributed by atoms with Crippen molar-refractivity contribution >= 4 is 5.97 Å². The topological polar surface area (TPSA) is 57.5 Å². The second-order valence-electron chi connectivity index (χ2n) is 2.84. The third-order valence-corrected chi connectivity index (χ3v) is 1.77. The molecule has 0 aromatic carbocycles. The van der Waals surface area contributed by atoms with E-state index in [1.54, 1.807) is 0 Å². The summed E-state index contributed by atoms with van der Waals surface area (Å²) in [6.07, 6.45) is 2.02. The number of rotatable bonds is 1. The van der Waals surface area contributed by atoms with E-state index in [0.29, 0.717) is 0 Å². The van der Waals surface area contributed by atoms with Crippen LogP contribution in [0, 0.1) is 0 Å². The van der Waals surface area contributed by atoms with Crippen molar-refractivity contribution in [1.29, 1.82) is 0 Å². The Labute approximate surface area is 68.8 Å². The van der Waals surface area contributed by atoms with Gasteiger partial charge in [0.25, 0.3) is 0 Å². The van der Waals surface area contributed by atoms with Crippen LogP contribution in [0.25, 0.3) is 0 Å². The summed E-state index contributed by atoms with van der Waals surface area (Å²) >= 11 is 0. The number of halogens is 1. The van der Waals surface area contributed by atoms with Crippen molar-refractivity contribution in [2.45, 2.75) is 18.7 Å². The van der Waals surface area contributed by atoms with Gasteiger partial charge in [0.05, 0.1) is 5.57 Å². The zero-order chi connectivity index (χ0) is 9.35. The molecule has 2 unspecified atom stereocenters. The number of carboxylic acids is 1. The average Bonchev–Trinajstić information content (AvgIpc) is 1.94. The number of hydrogen-bond acceptors (Lipinski definition) is 2. The zero-order valence-corrected chi connectivity index (χ0v) is 6.49. The molecule has 0 aliphatic heterocycles. The maximum atomic E-state index is 13.2. The van der Waals surface area contributed by atoms with E-state index < -0.39 is 17.7 Å². The molecule has 0 bridgehead atoms. The Hall–Kier alpha value is -1.16. The molecule has 12 heavy (non-hydrogen) atoms. The van der Waals surface area contributed by atoms with E-state index in [0.717, 1.165) is 13.0 Å². The molecule has 0 aromatic heterocycles. The minimum absolute atomic E-state index is 0.317. The fraction of sp³-hybridized carbons (Fsp3) is 0.375. The lowest BCUT2D eigenvalue weighted by Crippen LogP contribution is -2.38. The maximum Gasteiger partial charge on any atom is 0.334 e. The highest BCUT2D eigenvalue weighted by molar-refractivity contribution is 5.89. The number of aliphatic hydroxyl groups is 1. The van der Waals surface area contributed by atoms with Crippen molar-refractivity contribution in [3.8, 4) is 0 Å². The van der Waals surface area contributed by atoms with Crippen molar-refractivity contribution in [3.63, 3.8) is 0 Å². The summed E-state index contributed by atoms with van der Waals surface area (Å²) in [4.78, 5) is 10.4. The van der Waals surface area contributed by atoms with Crippen LogP contribution >= 0.6 is 0 Å². The average molecular weight is 172 g/mol. The van der Waals surface area contributed by atoms with Crippen molar-refractivity contribution in [3.05, 3.63) is 23.8 Å². The molecule has 0 heterocycles. The quantitative estimate of drug-likeness (QED) is 0.610. The molecule has 0 aromatic rings. The molecule has 0 amide bonds. The highest BCUT2D eigenvalue weighted by Crippen LogP contribution is 2.26. The highest BCUT2D eigenvalue weighted by Gasteiger charge is 2.37. The van der Waals surface area contributed by atoms with Crippen LogP contribution in [0.3, 0.4) is 0 Å². The van der Waals surface area contributed by atoms with Gasteiger partial charge in [0.2, 0.25) is 0 Å². The third-order valence-electron chi connectivity index (χ3n) is 1.77. The number of aliphatic hydroxyl groups excluding tert-OH is 1. The predicted molar refractivity (Wildman–Crippen MR) is 40.4 cm³/mol. The minimum Gasteiger partial charge on any atom is -0.478 e. The fourth-order valence-electron chi connectivity index (χ4n) is 1.01. The van der Waals surface area contributed by atoms with Crippen LogP contribution in [-0.4, -0.2) is 28.0 Å². The van der Waals surface area contributed by atoms with Crippen LogP contribution in [0.4, 0.5) is 4.39 Å². The van der Waals surface area contributed by atoms with Crippen LogP contribution in [0.2, 0.25) is 0 Å². The van der Waals surface area contributed by atoms with Crippen LogP contribution in [-0.2, 0) is 4.79 Å². The summed E-state index contributed by atoms with van der Waals surface area (Å²) in [6.45, 7) is 1.13. The molecule has 4 heteroatoms. The van der Waals surface area contributed by atoms with E-state index in [1.807, 2.05) is 0 Å². The first kappa shape index (κ1) is 8.93. The van der Waals surface area contributed by atoms with Crippen molar-refractivity contribution in [2.24, 2.45) is 0 Å². The number of hydrogen-bond donors (Lipinski definition) is 2. The van der Waals surface area contributed by atoms with E-state index in [-0.39, 0.29) is 5.57 Å². The largest absolute Gasteiger partial charge is 0.478 e. The van der Waals surface area contributed by atoms with Gasteiger partial charge in [-0.25, -0.2) is 9.18 Å².